The quantitative estimate of drug-likeness (QED) is 0.866. The summed E-state index contributed by atoms with van der Waals surface area (Å²) in [6.45, 7) is 0. The summed E-state index contributed by atoms with van der Waals surface area (Å²) in [6, 6.07) is 5.22. The maximum absolute atomic E-state index is 12.1. The Morgan fingerprint density at radius 3 is 2.33 bits per heavy atom. The summed E-state index contributed by atoms with van der Waals surface area (Å²) in [4.78, 5) is 23.3. The third-order valence-electron chi connectivity index (χ3n) is 3.69. The molecule has 0 aromatic heterocycles. The average Bonchev–Trinajstić information content (AvgIpc) is 2.86. The average molecular weight is 311 g/mol. The number of carboxylic acids is 1. The van der Waals surface area contributed by atoms with Crippen molar-refractivity contribution in [3.05, 3.63) is 29.8 Å². The fraction of sp³-hybridized carbons (Fsp3) is 0.429. The van der Waals surface area contributed by atoms with E-state index in [9.17, 15) is 18.0 Å². The lowest BCUT2D eigenvalue weighted by molar-refractivity contribution is -0.142. The summed E-state index contributed by atoms with van der Waals surface area (Å²) >= 11 is 0. The highest BCUT2D eigenvalue weighted by Crippen LogP contribution is 2.26. The minimum absolute atomic E-state index is 0.142. The topological polar surface area (TPSA) is 101 Å². The molecule has 1 aromatic carbocycles. The molecule has 2 atom stereocenters. The predicted octanol–water partition coefficient (Wildman–Crippen LogP) is 1.07. The molecule has 0 saturated heterocycles. The van der Waals surface area contributed by atoms with Crippen LogP contribution in [0.2, 0.25) is 0 Å². The number of hydrogen-bond donors (Lipinski definition) is 2. The van der Waals surface area contributed by atoms with Gasteiger partial charge in [-0.05, 0) is 37.1 Å². The van der Waals surface area contributed by atoms with Crippen molar-refractivity contribution in [3.8, 4) is 0 Å². The molecule has 1 aliphatic carbocycles. The molecule has 1 fully saturated rings. The Balaban J connectivity index is 2.09. The highest BCUT2D eigenvalue weighted by atomic mass is 32.2. The molecule has 0 radical (unpaired) electrons. The van der Waals surface area contributed by atoms with Crippen molar-refractivity contribution in [2.24, 2.45) is 5.92 Å². The van der Waals surface area contributed by atoms with Gasteiger partial charge in [0.15, 0.2) is 9.84 Å². The Hall–Kier alpha value is -1.89. The van der Waals surface area contributed by atoms with Gasteiger partial charge in [0, 0.05) is 17.9 Å². The van der Waals surface area contributed by atoms with Crippen LogP contribution in [0.5, 0.6) is 0 Å². The van der Waals surface area contributed by atoms with Gasteiger partial charge in [0.05, 0.1) is 10.8 Å². The number of carboxylic acid groups (broad SMARTS) is 1. The van der Waals surface area contributed by atoms with E-state index in [0.29, 0.717) is 18.4 Å². The minimum Gasteiger partial charge on any atom is -0.481 e. The maximum Gasteiger partial charge on any atom is 0.308 e. The molecule has 6 nitrogen and oxygen atoms in total. The first-order valence-corrected chi connectivity index (χ1v) is 8.52. The lowest BCUT2D eigenvalue weighted by Crippen LogP contribution is -2.40. The van der Waals surface area contributed by atoms with Gasteiger partial charge in [-0.15, -0.1) is 0 Å². The monoisotopic (exact) mass is 311 g/mol. The highest BCUT2D eigenvalue weighted by molar-refractivity contribution is 7.90. The summed E-state index contributed by atoms with van der Waals surface area (Å²) in [5.74, 6) is -1.83. The Bertz CT molecular complexity index is 650. The lowest BCUT2D eigenvalue weighted by atomic mass is 10.0. The molecule has 7 heteroatoms. The molecule has 0 bridgehead atoms. The van der Waals surface area contributed by atoms with E-state index in [0.717, 1.165) is 12.7 Å². The smallest absolute Gasteiger partial charge is 0.308 e. The van der Waals surface area contributed by atoms with Crippen molar-refractivity contribution in [2.45, 2.75) is 30.2 Å². The molecule has 0 spiro atoms. The number of benzene rings is 1. The van der Waals surface area contributed by atoms with Crippen molar-refractivity contribution in [1.82, 2.24) is 5.32 Å². The van der Waals surface area contributed by atoms with Crippen LogP contribution in [0.15, 0.2) is 29.2 Å². The number of nitrogens with one attached hydrogen (secondary N) is 1. The van der Waals surface area contributed by atoms with Crippen LogP contribution < -0.4 is 5.32 Å². The molecule has 1 amide bonds. The van der Waals surface area contributed by atoms with Crippen LogP contribution >= 0.6 is 0 Å². The van der Waals surface area contributed by atoms with Crippen LogP contribution in [-0.4, -0.2) is 37.7 Å². The molecule has 21 heavy (non-hydrogen) atoms. The van der Waals surface area contributed by atoms with Crippen LogP contribution in [0.3, 0.4) is 0 Å². The number of carbonyl (C=O) groups is 2. The van der Waals surface area contributed by atoms with E-state index in [1.807, 2.05) is 0 Å². The predicted molar refractivity (Wildman–Crippen MR) is 75.8 cm³/mol. The molecular formula is C14H17NO5S. The standard InChI is InChI=1S/C14H17NO5S/c1-21(19,20)10-7-5-9(6-8-10)13(16)15-12-4-2-3-11(12)14(17)18/h5-8,11-12H,2-4H2,1H3,(H,15,16)(H,17,18). The number of sulfone groups is 1. The van der Waals surface area contributed by atoms with E-state index in [4.69, 9.17) is 5.11 Å². The zero-order valence-corrected chi connectivity index (χ0v) is 12.4. The first-order chi connectivity index (χ1) is 9.79. The molecule has 0 aliphatic heterocycles. The Morgan fingerprint density at radius 1 is 1.19 bits per heavy atom. The fourth-order valence-electron chi connectivity index (χ4n) is 2.53. The van der Waals surface area contributed by atoms with Gasteiger partial charge in [-0.3, -0.25) is 9.59 Å². The first-order valence-electron chi connectivity index (χ1n) is 6.63. The summed E-state index contributed by atoms with van der Waals surface area (Å²) < 4.78 is 22.7. The van der Waals surface area contributed by atoms with Crippen molar-refractivity contribution in [3.63, 3.8) is 0 Å². The van der Waals surface area contributed by atoms with Crippen LogP contribution in [0.4, 0.5) is 0 Å². The number of carbonyl (C=O) groups excluding carboxylic acids is 1. The normalized spacial score (nSPS) is 22.0. The molecule has 2 unspecified atom stereocenters. The second kappa shape index (κ2) is 5.85. The van der Waals surface area contributed by atoms with Gasteiger partial charge < -0.3 is 10.4 Å². The number of aliphatic carboxylic acids is 1. The van der Waals surface area contributed by atoms with Gasteiger partial charge in [0.2, 0.25) is 0 Å². The van der Waals surface area contributed by atoms with Gasteiger partial charge >= 0.3 is 5.97 Å². The number of rotatable bonds is 4. The Kier molecular flexibility index (Phi) is 4.32. The Morgan fingerprint density at radius 2 is 1.81 bits per heavy atom. The van der Waals surface area contributed by atoms with Gasteiger partial charge in [-0.25, -0.2) is 8.42 Å². The van der Waals surface area contributed by atoms with E-state index >= 15 is 0 Å². The fourth-order valence-corrected chi connectivity index (χ4v) is 3.16. The molecule has 114 valence electrons. The zero-order chi connectivity index (χ0) is 15.6. The van der Waals surface area contributed by atoms with Crippen molar-refractivity contribution < 1.29 is 23.1 Å². The van der Waals surface area contributed by atoms with E-state index in [2.05, 4.69) is 5.32 Å². The van der Waals surface area contributed by atoms with Crippen LogP contribution in [0, 0.1) is 5.92 Å². The van der Waals surface area contributed by atoms with Crippen LogP contribution in [-0.2, 0) is 14.6 Å². The minimum atomic E-state index is -3.30. The third kappa shape index (κ3) is 3.60. The second-order valence-electron chi connectivity index (χ2n) is 5.25. The highest BCUT2D eigenvalue weighted by Gasteiger charge is 2.33. The largest absolute Gasteiger partial charge is 0.481 e. The number of hydrogen-bond acceptors (Lipinski definition) is 4. The molecule has 0 heterocycles. The molecule has 1 saturated carbocycles. The SMILES string of the molecule is CS(=O)(=O)c1ccc(C(=O)NC2CCCC2C(=O)O)cc1. The van der Waals surface area contributed by atoms with E-state index in [-0.39, 0.29) is 16.8 Å². The maximum atomic E-state index is 12.1. The van der Waals surface area contributed by atoms with Gasteiger partial charge in [-0.2, -0.15) is 0 Å². The molecule has 2 N–H and O–H groups in total. The molecular weight excluding hydrogens is 294 g/mol. The van der Waals surface area contributed by atoms with Crippen molar-refractivity contribution >= 4 is 21.7 Å². The van der Waals surface area contributed by atoms with Gasteiger partial charge in [0.25, 0.3) is 5.91 Å². The molecule has 1 aliphatic rings. The van der Waals surface area contributed by atoms with Crippen LogP contribution in [0.25, 0.3) is 0 Å². The van der Waals surface area contributed by atoms with Gasteiger partial charge in [0.1, 0.15) is 0 Å². The Labute approximate surface area is 123 Å². The van der Waals surface area contributed by atoms with Gasteiger partial charge in [-0.1, -0.05) is 6.42 Å². The lowest BCUT2D eigenvalue weighted by Gasteiger charge is -2.17. The van der Waals surface area contributed by atoms with Crippen LogP contribution in [0.1, 0.15) is 29.6 Å². The zero-order valence-electron chi connectivity index (χ0n) is 11.6. The van der Waals surface area contributed by atoms with Crippen molar-refractivity contribution in [2.75, 3.05) is 6.26 Å². The third-order valence-corrected chi connectivity index (χ3v) is 4.82. The van der Waals surface area contributed by atoms with E-state index in [1.54, 1.807) is 0 Å². The summed E-state index contributed by atoms with van der Waals surface area (Å²) in [5.41, 5.74) is 0.318. The summed E-state index contributed by atoms with van der Waals surface area (Å²) in [5, 5.41) is 11.8. The summed E-state index contributed by atoms with van der Waals surface area (Å²) in [7, 11) is -3.30. The van der Waals surface area contributed by atoms with Crippen molar-refractivity contribution in [1.29, 1.82) is 0 Å². The summed E-state index contributed by atoms with van der Waals surface area (Å²) in [6.07, 6.45) is 3.07. The second-order valence-corrected chi connectivity index (χ2v) is 7.27. The molecule has 2 rings (SSSR count). The first kappa shape index (κ1) is 15.5. The number of amides is 1. The van der Waals surface area contributed by atoms with E-state index in [1.165, 1.54) is 24.3 Å². The van der Waals surface area contributed by atoms with E-state index < -0.39 is 21.7 Å². The molecule has 1 aromatic rings.